The molecule has 10 rings (SSSR count). The molecule has 0 aliphatic heterocycles. The van der Waals surface area contributed by atoms with Gasteiger partial charge in [-0.25, -0.2) is 15.0 Å². The smallest absolute Gasteiger partial charge is 0.164 e. The molecule has 0 atom stereocenters. The Bertz CT molecular complexity index is 2450. The summed E-state index contributed by atoms with van der Waals surface area (Å²) >= 11 is 0. The van der Waals surface area contributed by atoms with E-state index in [9.17, 15) is 0 Å². The third kappa shape index (κ3) is 4.17. The van der Waals surface area contributed by atoms with Crippen molar-refractivity contribution in [1.29, 1.82) is 0 Å². The number of hydrogen-bond donors (Lipinski definition) is 0. The van der Waals surface area contributed by atoms with Gasteiger partial charge in [0.1, 0.15) is 0 Å². The van der Waals surface area contributed by atoms with Gasteiger partial charge < -0.3 is 0 Å². The lowest BCUT2D eigenvalue weighted by Crippen LogP contribution is -2.25. The van der Waals surface area contributed by atoms with Crippen LogP contribution in [-0.4, -0.2) is 19.9 Å². The molecule has 2 heterocycles. The second-order valence-electron chi connectivity index (χ2n) is 12.9. The summed E-state index contributed by atoms with van der Waals surface area (Å²) in [6.07, 6.45) is 12.5. The Balaban J connectivity index is 1.15. The molecule has 49 heavy (non-hydrogen) atoms. The maximum Gasteiger partial charge on any atom is 0.164 e. The Morgan fingerprint density at radius 1 is 0.449 bits per heavy atom. The fourth-order valence-corrected chi connectivity index (χ4v) is 8.13. The Hall–Kier alpha value is -6.26. The van der Waals surface area contributed by atoms with Crippen LogP contribution in [0.15, 0.2) is 158 Å². The van der Waals surface area contributed by atoms with Crippen molar-refractivity contribution in [2.75, 3.05) is 0 Å². The molecule has 0 fully saturated rings. The maximum atomic E-state index is 5.03. The molecule has 0 radical (unpaired) electrons. The fourth-order valence-electron chi connectivity index (χ4n) is 8.13. The van der Waals surface area contributed by atoms with Gasteiger partial charge in [-0.2, -0.15) is 0 Å². The minimum atomic E-state index is -0.413. The highest BCUT2D eigenvalue weighted by Crippen LogP contribution is 2.62. The van der Waals surface area contributed by atoms with Crippen molar-refractivity contribution >= 4 is 5.57 Å². The van der Waals surface area contributed by atoms with E-state index >= 15 is 0 Å². The van der Waals surface area contributed by atoms with Crippen LogP contribution in [0.1, 0.15) is 40.9 Å². The first-order valence-corrected chi connectivity index (χ1v) is 16.9. The summed E-state index contributed by atoms with van der Waals surface area (Å²) in [5.41, 5.74) is 15.1. The van der Waals surface area contributed by atoms with E-state index in [-0.39, 0.29) is 0 Å². The number of aromatic nitrogens is 4. The van der Waals surface area contributed by atoms with Gasteiger partial charge in [0.15, 0.2) is 17.5 Å². The van der Waals surface area contributed by atoms with Crippen molar-refractivity contribution < 1.29 is 0 Å². The van der Waals surface area contributed by atoms with E-state index in [1.54, 1.807) is 0 Å². The van der Waals surface area contributed by atoms with Crippen LogP contribution in [0.25, 0.3) is 61.7 Å². The second kappa shape index (κ2) is 10.9. The number of benzene rings is 5. The van der Waals surface area contributed by atoms with Crippen LogP contribution in [0, 0.1) is 0 Å². The van der Waals surface area contributed by atoms with Crippen LogP contribution in [0.5, 0.6) is 0 Å². The zero-order valence-electron chi connectivity index (χ0n) is 26.7. The first kappa shape index (κ1) is 27.8. The van der Waals surface area contributed by atoms with Gasteiger partial charge in [-0.1, -0.05) is 127 Å². The molecule has 0 unspecified atom stereocenters. The minimum absolute atomic E-state index is 0.413. The van der Waals surface area contributed by atoms with Gasteiger partial charge >= 0.3 is 0 Å². The summed E-state index contributed by atoms with van der Waals surface area (Å²) in [5.74, 6) is 2.05. The van der Waals surface area contributed by atoms with Gasteiger partial charge in [0.05, 0.1) is 5.41 Å². The molecule has 0 saturated carbocycles. The average molecular weight is 627 g/mol. The van der Waals surface area contributed by atoms with Gasteiger partial charge in [0, 0.05) is 34.7 Å². The zero-order valence-corrected chi connectivity index (χ0v) is 26.7. The number of fused-ring (bicyclic) bond motifs is 10. The van der Waals surface area contributed by atoms with E-state index in [0.29, 0.717) is 17.5 Å². The van der Waals surface area contributed by atoms with Crippen LogP contribution in [-0.2, 0) is 5.41 Å². The third-order valence-corrected chi connectivity index (χ3v) is 10.3. The van der Waals surface area contributed by atoms with Crippen molar-refractivity contribution in [2.45, 2.75) is 18.3 Å². The van der Waals surface area contributed by atoms with Crippen LogP contribution in [0.3, 0.4) is 0 Å². The molecule has 3 aliphatic rings. The van der Waals surface area contributed by atoms with Crippen LogP contribution >= 0.6 is 0 Å². The number of nitrogens with zero attached hydrogens (tertiary/aromatic N) is 4. The second-order valence-corrected chi connectivity index (χ2v) is 12.9. The summed E-state index contributed by atoms with van der Waals surface area (Å²) in [4.78, 5) is 19.6. The van der Waals surface area contributed by atoms with E-state index in [1.165, 1.54) is 44.5 Å². The van der Waals surface area contributed by atoms with Crippen LogP contribution in [0.2, 0.25) is 0 Å². The van der Waals surface area contributed by atoms with Gasteiger partial charge in [0.25, 0.3) is 0 Å². The molecule has 0 amide bonds. The van der Waals surface area contributed by atoms with Crippen LogP contribution in [0.4, 0.5) is 0 Å². The maximum absolute atomic E-state index is 5.03. The molecule has 0 saturated heterocycles. The average Bonchev–Trinajstić information content (AvgIpc) is 3.66. The Labute approximate surface area is 285 Å². The molecule has 0 bridgehead atoms. The Morgan fingerprint density at radius 2 is 1.08 bits per heavy atom. The predicted molar refractivity (Wildman–Crippen MR) is 197 cm³/mol. The molecule has 4 heteroatoms. The van der Waals surface area contributed by atoms with Crippen molar-refractivity contribution in [3.05, 3.63) is 186 Å². The highest BCUT2D eigenvalue weighted by molar-refractivity contribution is 5.95. The largest absolute Gasteiger partial charge is 0.264 e. The summed E-state index contributed by atoms with van der Waals surface area (Å²) in [6, 6.07) is 45.7. The molecule has 4 nitrogen and oxygen atoms in total. The molecule has 2 aromatic heterocycles. The van der Waals surface area contributed by atoms with Crippen molar-refractivity contribution in [1.82, 2.24) is 19.9 Å². The Kier molecular flexibility index (Phi) is 6.18. The van der Waals surface area contributed by atoms with E-state index in [2.05, 4.69) is 132 Å². The van der Waals surface area contributed by atoms with Crippen molar-refractivity contribution in [3.8, 4) is 56.2 Å². The molecule has 230 valence electrons. The third-order valence-electron chi connectivity index (χ3n) is 10.3. The quantitative estimate of drug-likeness (QED) is 0.195. The van der Waals surface area contributed by atoms with Gasteiger partial charge in [-0.3, -0.25) is 4.98 Å². The lowest BCUT2D eigenvalue weighted by atomic mass is 9.70. The fraction of sp³-hybridized carbons (Fsp3) is 0.0667. The van der Waals surface area contributed by atoms with Crippen LogP contribution < -0.4 is 0 Å². The Morgan fingerprint density at radius 3 is 1.86 bits per heavy atom. The summed E-state index contributed by atoms with van der Waals surface area (Å²) in [5, 5.41) is 0. The highest BCUT2D eigenvalue weighted by atomic mass is 15.0. The summed E-state index contributed by atoms with van der Waals surface area (Å²) in [6.45, 7) is 0. The van der Waals surface area contributed by atoms with Crippen molar-refractivity contribution in [3.63, 3.8) is 0 Å². The molecule has 7 aromatic rings. The van der Waals surface area contributed by atoms with Gasteiger partial charge in [0.2, 0.25) is 0 Å². The topological polar surface area (TPSA) is 51.6 Å². The molecule has 5 aromatic carbocycles. The first-order chi connectivity index (χ1) is 24.3. The monoisotopic (exact) mass is 626 g/mol. The minimum Gasteiger partial charge on any atom is -0.264 e. The van der Waals surface area contributed by atoms with E-state index in [4.69, 9.17) is 15.0 Å². The molecular weight excluding hydrogens is 597 g/mol. The molecule has 0 N–H and O–H groups in total. The van der Waals surface area contributed by atoms with E-state index in [0.717, 1.165) is 40.7 Å². The summed E-state index contributed by atoms with van der Waals surface area (Å²) in [7, 11) is 0. The van der Waals surface area contributed by atoms with E-state index in [1.807, 2.05) is 30.6 Å². The van der Waals surface area contributed by atoms with E-state index < -0.39 is 5.41 Å². The predicted octanol–water partition coefficient (Wildman–Crippen LogP) is 10.3. The lowest BCUT2D eigenvalue weighted by molar-refractivity contribution is 0.792. The standard InChI is InChI=1S/C45H30N4/c1-3-12-29(13-4-1)42-47-43(30-14-5-2-6-15-30)49-44(48-42)33-17-11-16-31(26-33)32-22-23-36-37-28-46-25-24-40(37)45(41(36)27-32)38-20-9-7-18-34(38)35-19-8-10-21-39(35)45/h1,3-5,7-28H,2,6H2. The van der Waals surface area contributed by atoms with Gasteiger partial charge in [-0.15, -0.1) is 0 Å². The number of pyridine rings is 1. The number of hydrogen-bond acceptors (Lipinski definition) is 4. The molecular formula is C45H30N4. The normalized spacial score (nSPS) is 14.6. The molecule has 3 aliphatic carbocycles. The number of rotatable bonds is 4. The SMILES string of the molecule is C1=CC(c2nc(-c3ccccc3)nc(-c3cccc(-c4ccc5c(c4)C4(c6ccccc6-c6ccccc64)c4ccncc4-5)c3)n2)=CCC1. The highest BCUT2D eigenvalue weighted by Gasteiger charge is 2.51. The number of allylic oxidation sites excluding steroid dienone is 4. The molecule has 1 spiro atoms. The summed E-state index contributed by atoms with van der Waals surface area (Å²) < 4.78 is 0. The lowest BCUT2D eigenvalue weighted by Gasteiger charge is -2.30. The first-order valence-electron chi connectivity index (χ1n) is 16.9. The van der Waals surface area contributed by atoms with Crippen molar-refractivity contribution in [2.24, 2.45) is 0 Å². The van der Waals surface area contributed by atoms with Gasteiger partial charge in [-0.05, 0) is 81.1 Å². The zero-order chi connectivity index (χ0) is 32.4.